The first-order chi connectivity index (χ1) is 12.1. The Morgan fingerprint density at radius 3 is 2.65 bits per heavy atom. The van der Waals surface area contributed by atoms with Gasteiger partial charge in [0.1, 0.15) is 5.69 Å². The van der Waals surface area contributed by atoms with E-state index in [0.717, 1.165) is 18.5 Å². The van der Waals surface area contributed by atoms with E-state index in [1.165, 1.54) is 6.07 Å². The predicted octanol–water partition coefficient (Wildman–Crippen LogP) is 3.32. The maximum atomic E-state index is 12.7. The Labute approximate surface area is 157 Å². The summed E-state index contributed by atoms with van der Waals surface area (Å²) in [5.74, 6) is -0.206. The molecule has 8 heteroatoms. The zero-order valence-corrected chi connectivity index (χ0v) is 14.9. The average molecular weight is 377 g/mol. The van der Waals surface area contributed by atoms with Gasteiger partial charge >= 0.3 is 0 Å². The van der Waals surface area contributed by atoms with Crippen LogP contribution in [0.4, 0.5) is 17.1 Å². The summed E-state index contributed by atoms with van der Waals surface area (Å²) in [6, 6.07) is 13.7. The van der Waals surface area contributed by atoms with E-state index in [1.54, 1.807) is 17.0 Å². The molecule has 1 aliphatic rings. The van der Waals surface area contributed by atoms with Crippen LogP contribution in [-0.4, -0.2) is 34.9 Å². The first kappa shape index (κ1) is 19.7. The fraction of sp³-hybridized carbons (Fsp3) is 0.278. The number of nitrogens with two attached hydrogens (primary N) is 1. The van der Waals surface area contributed by atoms with Crippen molar-refractivity contribution in [2.24, 2.45) is 5.73 Å². The van der Waals surface area contributed by atoms with E-state index in [2.05, 4.69) is 5.32 Å². The number of para-hydroxylation sites is 1. The average Bonchev–Trinajstić information content (AvgIpc) is 3.11. The molecule has 1 atom stereocenters. The quantitative estimate of drug-likeness (QED) is 0.615. The Hall–Kier alpha value is -2.64. The zero-order valence-electron chi connectivity index (χ0n) is 14.1. The molecule has 1 aliphatic heterocycles. The van der Waals surface area contributed by atoms with E-state index >= 15 is 0 Å². The highest BCUT2D eigenvalue weighted by atomic mass is 35.5. The largest absolute Gasteiger partial charge is 0.350 e. The number of nitro groups is 1. The van der Waals surface area contributed by atoms with Gasteiger partial charge in [-0.15, -0.1) is 12.4 Å². The number of likely N-dealkylation sites (tertiary alicyclic amines) is 1. The summed E-state index contributed by atoms with van der Waals surface area (Å²) < 4.78 is 0. The molecule has 1 saturated heterocycles. The molecule has 26 heavy (non-hydrogen) atoms. The van der Waals surface area contributed by atoms with Crippen LogP contribution in [0.5, 0.6) is 0 Å². The lowest BCUT2D eigenvalue weighted by molar-refractivity contribution is -0.383. The van der Waals surface area contributed by atoms with Crippen LogP contribution >= 0.6 is 12.4 Å². The van der Waals surface area contributed by atoms with Crippen LogP contribution in [0.15, 0.2) is 48.5 Å². The Bertz CT molecular complexity index is 785. The second kappa shape index (κ2) is 8.64. The van der Waals surface area contributed by atoms with Crippen LogP contribution in [0.2, 0.25) is 0 Å². The minimum absolute atomic E-state index is 0. The molecule has 1 amide bonds. The topological polar surface area (TPSA) is 102 Å². The molecule has 0 radical (unpaired) electrons. The Kier molecular flexibility index (Phi) is 6.54. The van der Waals surface area contributed by atoms with Crippen LogP contribution in [0, 0.1) is 10.1 Å². The van der Waals surface area contributed by atoms with Crippen molar-refractivity contribution < 1.29 is 9.72 Å². The fourth-order valence-corrected chi connectivity index (χ4v) is 3.11. The molecule has 7 nitrogen and oxygen atoms in total. The number of halogens is 1. The van der Waals surface area contributed by atoms with Gasteiger partial charge in [0.2, 0.25) is 0 Å². The maximum Gasteiger partial charge on any atom is 0.293 e. The lowest BCUT2D eigenvalue weighted by Gasteiger charge is -2.23. The van der Waals surface area contributed by atoms with Crippen molar-refractivity contribution in [1.29, 1.82) is 0 Å². The molecular formula is C18H21ClN4O3. The third-order valence-electron chi connectivity index (χ3n) is 4.40. The molecule has 0 spiro atoms. The van der Waals surface area contributed by atoms with Crippen LogP contribution in [0.25, 0.3) is 0 Å². The number of rotatable bonds is 5. The molecule has 3 N–H and O–H groups in total. The van der Waals surface area contributed by atoms with Crippen molar-refractivity contribution in [2.75, 3.05) is 18.4 Å². The summed E-state index contributed by atoms with van der Waals surface area (Å²) in [4.78, 5) is 25.4. The van der Waals surface area contributed by atoms with E-state index in [1.807, 2.05) is 30.3 Å². The highest BCUT2D eigenvalue weighted by Gasteiger charge is 2.29. The number of anilines is 2. The van der Waals surface area contributed by atoms with E-state index in [0.29, 0.717) is 24.3 Å². The molecule has 1 unspecified atom stereocenters. The summed E-state index contributed by atoms with van der Waals surface area (Å²) in [6.07, 6.45) is 1.78. The van der Waals surface area contributed by atoms with E-state index < -0.39 is 4.92 Å². The molecule has 0 aliphatic carbocycles. The number of benzene rings is 2. The van der Waals surface area contributed by atoms with Crippen molar-refractivity contribution in [2.45, 2.75) is 18.9 Å². The monoisotopic (exact) mass is 376 g/mol. The zero-order chi connectivity index (χ0) is 17.8. The van der Waals surface area contributed by atoms with Gasteiger partial charge in [0.15, 0.2) is 0 Å². The molecular weight excluding hydrogens is 356 g/mol. The molecule has 3 rings (SSSR count). The second-order valence-electron chi connectivity index (χ2n) is 6.01. The van der Waals surface area contributed by atoms with Gasteiger partial charge in [-0.1, -0.05) is 18.2 Å². The number of hydrogen-bond acceptors (Lipinski definition) is 5. The SMILES string of the molecule is Cl.NCC1CCCN1C(=O)c1ccc(Nc2ccccc2)c([N+](=O)[O-])c1. The van der Waals surface area contributed by atoms with Crippen molar-refractivity contribution in [3.05, 3.63) is 64.2 Å². The van der Waals surface area contributed by atoms with Gasteiger partial charge in [0.25, 0.3) is 11.6 Å². The van der Waals surface area contributed by atoms with Crippen LogP contribution in [0.3, 0.4) is 0 Å². The van der Waals surface area contributed by atoms with Gasteiger partial charge in [-0.3, -0.25) is 14.9 Å². The van der Waals surface area contributed by atoms with E-state index in [-0.39, 0.29) is 30.0 Å². The van der Waals surface area contributed by atoms with Gasteiger partial charge in [0.05, 0.1) is 4.92 Å². The summed E-state index contributed by atoms with van der Waals surface area (Å²) >= 11 is 0. The minimum atomic E-state index is -0.480. The minimum Gasteiger partial charge on any atom is -0.350 e. The first-order valence-corrected chi connectivity index (χ1v) is 8.21. The Morgan fingerprint density at radius 1 is 1.27 bits per heavy atom. The lowest BCUT2D eigenvalue weighted by Crippen LogP contribution is -2.39. The normalized spacial score (nSPS) is 16.0. The van der Waals surface area contributed by atoms with Gasteiger partial charge in [-0.2, -0.15) is 0 Å². The van der Waals surface area contributed by atoms with Crippen molar-refractivity contribution in [3.8, 4) is 0 Å². The molecule has 138 valence electrons. The number of nitrogens with zero attached hydrogens (tertiary/aromatic N) is 2. The smallest absolute Gasteiger partial charge is 0.293 e. The molecule has 2 aromatic carbocycles. The highest BCUT2D eigenvalue weighted by Crippen LogP contribution is 2.30. The predicted molar refractivity (Wildman–Crippen MR) is 103 cm³/mol. The number of carbonyl (C=O) groups excluding carboxylic acids is 1. The van der Waals surface area contributed by atoms with E-state index in [4.69, 9.17) is 5.73 Å². The first-order valence-electron chi connectivity index (χ1n) is 8.21. The van der Waals surface area contributed by atoms with E-state index in [9.17, 15) is 14.9 Å². The number of nitrogens with one attached hydrogen (secondary N) is 1. The third kappa shape index (κ3) is 4.12. The van der Waals surface area contributed by atoms with Crippen molar-refractivity contribution in [3.63, 3.8) is 0 Å². The van der Waals surface area contributed by atoms with Crippen molar-refractivity contribution in [1.82, 2.24) is 4.90 Å². The summed E-state index contributed by atoms with van der Waals surface area (Å²) in [7, 11) is 0. The third-order valence-corrected chi connectivity index (χ3v) is 4.40. The lowest BCUT2D eigenvalue weighted by atomic mass is 10.1. The highest BCUT2D eigenvalue weighted by molar-refractivity contribution is 5.96. The van der Waals surface area contributed by atoms with Crippen molar-refractivity contribution >= 4 is 35.4 Å². The Balaban J connectivity index is 0.00000243. The summed E-state index contributed by atoms with van der Waals surface area (Å²) in [5.41, 5.74) is 6.99. The molecule has 1 heterocycles. The summed E-state index contributed by atoms with van der Waals surface area (Å²) in [6.45, 7) is 1.04. The fourth-order valence-electron chi connectivity index (χ4n) is 3.11. The molecule has 0 bridgehead atoms. The number of amides is 1. The maximum absolute atomic E-state index is 12.7. The molecule has 2 aromatic rings. The molecule has 0 aromatic heterocycles. The molecule has 0 saturated carbocycles. The van der Waals surface area contributed by atoms with Crippen LogP contribution in [-0.2, 0) is 0 Å². The van der Waals surface area contributed by atoms with Gasteiger partial charge in [-0.05, 0) is 37.1 Å². The number of nitro benzene ring substituents is 1. The van der Waals surface area contributed by atoms with Crippen LogP contribution < -0.4 is 11.1 Å². The standard InChI is InChI=1S/C18H20N4O3.ClH/c19-12-15-7-4-10-21(15)18(23)13-8-9-16(17(11-13)22(24)25)20-14-5-2-1-3-6-14;/h1-3,5-6,8-9,11,15,20H,4,7,10,12,19H2;1H. The number of carbonyl (C=O) groups is 1. The second-order valence-corrected chi connectivity index (χ2v) is 6.01. The Morgan fingerprint density at radius 2 is 2.00 bits per heavy atom. The van der Waals surface area contributed by atoms with Gasteiger partial charge in [-0.25, -0.2) is 0 Å². The van der Waals surface area contributed by atoms with Gasteiger partial charge < -0.3 is 16.0 Å². The summed E-state index contributed by atoms with van der Waals surface area (Å²) in [5, 5.41) is 14.5. The van der Waals surface area contributed by atoms with Crippen LogP contribution in [0.1, 0.15) is 23.2 Å². The molecule has 1 fully saturated rings. The number of hydrogen-bond donors (Lipinski definition) is 2. The van der Waals surface area contributed by atoms with Gasteiger partial charge in [0, 0.05) is 36.4 Å².